The number of rotatable bonds is 8. The molecular formula is C56H72N6O11. The van der Waals surface area contributed by atoms with Crippen LogP contribution in [0, 0.1) is 24.7 Å². The van der Waals surface area contributed by atoms with Crippen LogP contribution in [-0.2, 0) is 30.4 Å². The van der Waals surface area contributed by atoms with Gasteiger partial charge in [-0.15, -0.1) is 0 Å². The van der Waals surface area contributed by atoms with Crippen molar-refractivity contribution in [1.82, 2.24) is 15.1 Å². The van der Waals surface area contributed by atoms with Gasteiger partial charge in [0.15, 0.2) is 11.4 Å². The first-order valence-electron chi connectivity index (χ1n) is 25.8. The third-order valence-electron chi connectivity index (χ3n) is 15.0. The zero-order chi connectivity index (χ0) is 52.4. The van der Waals surface area contributed by atoms with Gasteiger partial charge in [0.05, 0.1) is 34.8 Å². The molecule has 0 saturated carbocycles. The number of amides is 2. The minimum absolute atomic E-state index is 0.0396. The van der Waals surface area contributed by atoms with Gasteiger partial charge in [-0.3, -0.25) is 34.1 Å². The fraction of sp³-hybridized carbons (Fsp3) is 0.536. The number of Topliss-reactive ketones (excluding diaryl/α,β-unsaturated/α-hetero) is 1. The number of fused-ring (bicyclic) bond motifs is 13. The SMILES string of the molecule is C/C1=C/C=C/C(C)[C@H](O)CC(O)C[C@H](OC(=O)CC(=O)NC2CCN(Cc3ccccc3)CC2)[C@H](C)C/C=C/OC2(C)Oc3c(C)c(O)c4c(O)c(c5c(c4c3C2=O)=NC2(CCN(CC(C)C)CC2)N=5)NC1=O. The van der Waals surface area contributed by atoms with Gasteiger partial charge in [-0.25, -0.2) is 0 Å². The normalized spacial score (nSPS) is 27.8. The number of nitrogens with zero attached hydrogens (tertiary/aromatic N) is 4. The summed E-state index contributed by atoms with van der Waals surface area (Å²) in [6.07, 6.45) is 6.96. The van der Waals surface area contributed by atoms with Crippen LogP contribution >= 0.6 is 0 Å². The zero-order valence-electron chi connectivity index (χ0n) is 43.1. The number of allylic oxidation sites excluding steroid dienone is 3. The molecular weight excluding hydrogens is 933 g/mol. The zero-order valence-corrected chi connectivity index (χ0v) is 43.1. The van der Waals surface area contributed by atoms with Crippen LogP contribution in [0.25, 0.3) is 10.8 Å². The molecule has 6 atom stereocenters. The molecule has 17 nitrogen and oxygen atoms in total. The summed E-state index contributed by atoms with van der Waals surface area (Å²) in [7, 11) is 0. The van der Waals surface area contributed by atoms with Crippen molar-refractivity contribution in [1.29, 1.82) is 0 Å². The first kappa shape index (κ1) is 53.2. The van der Waals surface area contributed by atoms with E-state index in [9.17, 15) is 39.6 Å². The van der Waals surface area contributed by atoms with Gasteiger partial charge in [-0.1, -0.05) is 76.3 Å². The van der Waals surface area contributed by atoms with Gasteiger partial charge >= 0.3 is 11.8 Å². The predicted octanol–water partition coefficient (Wildman–Crippen LogP) is 5.78. The number of phenols is 2. The van der Waals surface area contributed by atoms with E-state index in [4.69, 9.17) is 24.2 Å². The van der Waals surface area contributed by atoms with E-state index < -0.39 is 77.3 Å². The second-order valence-corrected chi connectivity index (χ2v) is 21.4. The molecule has 73 heavy (non-hydrogen) atoms. The Balaban J connectivity index is 1.06. The number of likely N-dealkylation sites (tertiary alicyclic amines) is 2. The number of benzene rings is 3. The highest BCUT2D eigenvalue weighted by molar-refractivity contribution is 6.19. The van der Waals surface area contributed by atoms with E-state index in [-0.39, 0.29) is 80.7 Å². The number of aliphatic hydroxyl groups is 2. The van der Waals surface area contributed by atoms with E-state index in [2.05, 4.69) is 46.4 Å². The van der Waals surface area contributed by atoms with Crippen molar-refractivity contribution in [2.75, 3.05) is 38.0 Å². The van der Waals surface area contributed by atoms with Crippen LogP contribution < -0.4 is 26.1 Å². The number of ether oxygens (including phenoxy) is 3. The van der Waals surface area contributed by atoms with Crippen molar-refractivity contribution in [3.8, 4) is 17.2 Å². The Labute approximate surface area is 426 Å². The fourth-order valence-electron chi connectivity index (χ4n) is 10.6. The van der Waals surface area contributed by atoms with Gasteiger partial charge in [-0.05, 0) is 63.0 Å². The highest BCUT2D eigenvalue weighted by Crippen LogP contribution is 2.50. The number of piperidine rings is 2. The second kappa shape index (κ2) is 22.1. The topological polar surface area (TPSA) is 232 Å². The maximum Gasteiger partial charge on any atom is 0.315 e. The summed E-state index contributed by atoms with van der Waals surface area (Å²) in [4.78, 5) is 70.4. The van der Waals surface area contributed by atoms with Crippen LogP contribution in [0.5, 0.6) is 17.2 Å². The van der Waals surface area contributed by atoms with Crippen LogP contribution in [0.3, 0.4) is 0 Å². The average Bonchev–Trinajstić information content (AvgIpc) is 3.84. The number of esters is 1. The molecule has 0 radical (unpaired) electrons. The summed E-state index contributed by atoms with van der Waals surface area (Å²) in [5.41, 5.74) is 0.636. The number of aliphatic hydroxyl groups excluding tert-OH is 2. The summed E-state index contributed by atoms with van der Waals surface area (Å²) in [5.74, 6) is -5.63. The molecule has 6 N–H and O–H groups in total. The lowest BCUT2D eigenvalue weighted by Crippen LogP contribution is -2.45. The van der Waals surface area contributed by atoms with Crippen LogP contribution in [-0.4, -0.2) is 122 Å². The van der Waals surface area contributed by atoms with Crippen molar-refractivity contribution in [3.05, 3.63) is 93.9 Å². The van der Waals surface area contributed by atoms with Gasteiger partial charge in [0.1, 0.15) is 35.1 Å². The van der Waals surface area contributed by atoms with E-state index in [0.29, 0.717) is 31.8 Å². The number of hydrogen-bond acceptors (Lipinski definition) is 15. The van der Waals surface area contributed by atoms with Crippen molar-refractivity contribution in [3.63, 3.8) is 0 Å². The average molecular weight is 1010 g/mol. The number of anilines is 1. The molecule has 6 aliphatic rings. The Morgan fingerprint density at radius 3 is 2.34 bits per heavy atom. The largest absolute Gasteiger partial charge is 0.507 e. The lowest BCUT2D eigenvalue weighted by Gasteiger charge is -2.36. The number of hydrogen-bond donors (Lipinski definition) is 6. The second-order valence-electron chi connectivity index (χ2n) is 21.4. The highest BCUT2D eigenvalue weighted by atomic mass is 16.7. The first-order valence-corrected chi connectivity index (χ1v) is 25.8. The number of nitrogens with one attached hydrogen (secondary N) is 2. The quantitative estimate of drug-likeness (QED) is 0.0894. The van der Waals surface area contributed by atoms with Crippen molar-refractivity contribution < 1.29 is 53.8 Å². The molecule has 0 aliphatic carbocycles. The van der Waals surface area contributed by atoms with E-state index in [1.807, 2.05) is 25.1 Å². The molecule has 3 unspecified atom stereocenters. The Morgan fingerprint density at radius 1 is 0.945 bits per heavy atom. The number of phenolic OH excluding ortho intramolecular Hbond substituents is 2. The molecule has 392 valence electrons. The summed E-state index contributed by atoms with van der Waals surface area (Å²) >= 11 is 0. The molecule has 6 heterocycles. The fourth-order valence-corrected chi connectivity index (χ4v) is 10.6. The molecule has 1 spiro atoms. The Kier molecular flexibility index (Phi) is 16.1. The summed E-state index contributed by atoms with van der Waals surface area (Å²) < 4.78 is 18.4. The Bertz CT molecular complexity index is 2810. The van der Waals surface area contributed by atoms with Crippen LogP contribution in [0.4, 0.5) is 5.69 Å². The smallest absolute Gasteiger partial charge is 0.315 e. The third kappa shape index (κ3) is 11.8. The maximum absolute atomic E-state index is 14.8. The van der Waals surface area contributed by atoms with E-state index >= 15 is 0 Å². The molecule has 2 amide bonds. The molecule has 9 rings (SSSR count). The monoisotopic (exact) mass is 1000 g/mol. The van der Waals surface area contributed by atoms with Crippen LogP contribution in [0.1, 0.15) is 114 Å². The molecule has 5 bridgehead atoms. The number of carbonyl (C=O) groups is 4. The van der Waals surface area contributed by atoms with Gasteiger partial charge in [-0.2, -0.15) is 0 Å². The van der Waals surface area contributed by atoms with E-state index in [1.54, 1.807) is 45.1 Å². The molecule has 2 saturated heterocycles. The van der Waals surface area contributed by atoms with Crippen LogP contribution in [0.2, 0.25) is 0 Å². The molecule has 2 fully saturated rings. The number of ketones is 1. The van der Waals surface area contributed by atoms with Gasteiger partial charge in [0, 0.05) is 93.9 Å². The Morgan fingerprint density at radius 2 is 1.64 bits per heavy atom. The van der Waals surface area contributed by atoms with Crippen molar-refractivity contribution >= 4 is 40.0 Å². The standard InChI is InChI=1S/C56H72N6O11/c1-32(2)30-62-24-20-56(21-25-62)59-47-44-45-50(67)36(6)52-46(44)53(69)55(7,73-52)71-26-12-15-34(4)41(72-43(66)29-42(65)57-38-18-22-61(23-19-38)31-37-16-9-8-10-17-37)28-39(63)27-40(64)33(3)13-11-14-35(5)54(70)58-49(51(45)68)48(47)60-56/h8-14,16-17,26,32-34,38-41,63-64,67-68H,15,18-25,27-31H2,1-7H3,(H,57,65)(H,58,70)/b13-11+,26-12+,35-14-/t33?,34-,39?,40-,41+,55?/m1/s1. The minimum atomic E-state index is -1.94. The summed E-state index contributed by atoms with van der Waals surface area (Å²) in [6.45, 7) is 17.2. The maximum atomic E-state index is 14.8. The van der Waals surface area contributed by atoms with Crippen LogP contribution in [0.15, 0.2) is 76.5 Å². The van der Waals surface area contributed by atoms with Crippen molar-refractivity contribution in [2.24, 2.45) is 27.7 Å². The lowest BCUT2D eigenvalue weighted by molar-refractivity contribution is -0.155. The Hall–Kier alpha value is -6.14. The molecule has 3 aromatic carbocycles. The van der Waals surface area contributed by atoms with E-state index in [0.717, 1.165) is 39.0 Å². The summed E-state index contributed by atoms with van der Waals surface area (Å²) in [5, 5.41) is 52.9. The first-order chi connectivity index (χ1) is 34.7. The number of carbonyl (C=O) groups excluding carboxylic acids is 4. The third-order valence-corrected chi connectivity index (χ3v) is 15.0. The predicted molar refractivity (Wildman–Crippen MR) is 274 cm³/mol. The van der Waals surface area contributed by atoms with Crippen molar-refractivity contribution in [2.45, 2.75) is 142 Å². The molecule has 6 aliphatic heterocycles. The molecule has 17 heteroatoms. The molecule has 0 aromatic heterocycles. The number of aromatic hydroxyl groups is 2. The lowest BCUT2D eigenvalue weighted by atomic mass is 9.91. The van der Waals surface area contributed by atoms with E-state index in [1.165, 1.54) is 18.7 Å². The molecule has 3 aromatic rings. The van der Waals surface area contributed by atoms with Gasteiger partial charge < -0.3 is 50.2 Å². The van der Waals surface area contributed by atoms with Gasteiger partial charge in [0.25, 0.3) is 11.7 Å². The van der Waals surface area contributed by atoms with Gasteiger partial charge in [0.2, 0.25) is 5.91 Å². The summed E-state index contributed by atoms with van der Waals surface area (Å²) in [6, 6.07) is 10.1. The minimum Gasteiger partial charge on any atom is -0.507 e. The highest BCUT2D eigenvalue weighted by Gasteiger charge is 2.50.